The fourth-order valence-corrected chi connectivity index (χ4v) is 11.8. The second kappa shape index (κ2) is 17.7. The minimum atomic E-state index is -0.691. The van der Waals surface area contributed by atoms with Crippen LogP contribution in [0.25, 0.3) is 111 Å². The highest BCUT2D eigenvalue weighted by molar-refractivity contribution is 6.14. The van der Waals surface area contributed by atoms with Crippen LogP contribution in [0.2, 0.25) is 0 Å². The summed E-state index contributed by atoms with van der Waals surface area (Å²) in [5.41, 5.74) is 23.1. The van der Waals surface area contributed by atoms with E-state index in [2.05, 4.69) is 216 Å². The van der Waals surface area contributed by atoms with Crippen molar-refractivity contribution in [3.05, 3.63) is 238 Å². The Balaban J connectivity index is 1.19. The van der Waals surface area contributed by atoms with Crippen molar-refractivity contribution in [1.29, 1.82) is 5.26 Å². The maximum Gasteiger partial charge on any atom is 0.133 e. The Bertz CT molecular complexity index is 3820. The van der Waals surface area contributed by atoms with Gasteiger partial charge in [-0.3, -0.25) is 0 Å². The van der Waals surface area contributed by atoms with E-state index in [1.807, 2.05) is 0 Å². The van der Waals surface area contributed by atoms with Crippen molar-refractivity contribution in [2.75, 3.05) is 0 Å². The van der Waals surface area contributed by atoms with E-state index in [1.165, 1.54) is 62.7 Å². The fraction of sp³-hybridized carbons (Fsp3) is 0.116. The molecular weight excluding hydrogens is 909 g/mol. The number of fused-ring (bicyclic) bond motifs is 6. The van der Waals surface area contributed by atoms with Crippen LogP contribution in [0, 0.1) is 78.4 Å². The number of nitrogens with zero attached hydrogens (tertiary/aromatic N) is 3. The number of halogens is 2. The predicted octanol–water partition coefficient (Wildman–Crippen LogP) is 18.8. The van der Waals surface area contributed by atoms with Crippen molar-refractivity contribution < 1.29 is 8.78 Å². The monoisotopic (exact) mass is 961 g/mol. The van der Waals surface area contributed by atoms with E-state index >= 15 is 8.78 Å². The van der Waals surface area contributed by atoms with E-state index in [0.29, 0.717) is 22.5 Å². The molecule has 0 N–H and O–H groups in total. The molecule has 0 bridgehead atoms. The number of aryl methyl sites for hydroxylation is 8. The van der Waals surface area contributed by atoms with Crippen LogP contribution in [0.5, 0.6) is 0 Å². The zero-order chi connectivity index (χ0) is 51.3. The summed E-state index contributed by atoms with van der Waals surface area (Å²) in [6.45, 7) is 17.0. The zero-order valence-electron chi connectivity index (χ0n) is 42.8. The number of nitriles is 1. The third-order valence-electron chi connectivity index (χ3n) is 14.7. The standard InChI is InChI=1S/C69H53F2N3/c1-39-20-40(2)25-51(24-39)47-12-16-63-56(32-47)57-33-48(52-26-41(3)21-42(4)27-52)13-17-64(57)73(63)67-36-55(69-61(70)10-9-11-62(69)71)37-68(60(67)38-72)74-65-18-14-49(53-28-43(5)22-44(6)29-53)34-58(65)59-35-50(15-19-66(59)74)54-30-45(7)23-46(8)31-54/h9-37H,1-8H3. The van der Waals surface area contributed by atoms with E-state index in [4.69, 9.17) is 0 Å². The molecule has 10 aromatic carbocycles. The van der Waals surface area contributed by atoms with E-state index in [1.54, 1.807) is 12.1 Å². The molecule has 12 aromatic rings. The van der Waals surface area contributed by atoms with Crippen molar-refractivity contribution >= 4 is 43.6 Å². The largest absolute Gasteiger partial charge is 0.308 e. The Morgan fingerprint density at radius 2 is 0.581 bits per heavy atom. The molecule has 2 heterocycles. The highest BCUT2D eigenvalue weighted by atomic mass is 19.1. The van der Waals surface area contributed by atoms with Gasteiger partial charge in [-0.2, -0.15) is 5.26 Å². The summed E-state index contributed by atoms with van der Waals surface area (Å²) in [5, 5.41) is 15.8. The first-order chi connectivity index (χ1) is 35.7. The van der Waals surface area contributed by atoms with Crippen molar-refractivity contribution in [1.82, 2.24) is 9.13 Å². The quantitative estimate of drug-likeness (QED) is 0.157. The summed E-state index contributed by atoms with van der Waals surface area (Å²) in [6.07, 6.45) is 0. The molecule has 0 radical (unpaired) electrons. The first kappa shape index (κ1) is 46.2. The number of aromatic nitrogens is 2. The topological polar surface area (TPSA) is 33.6 Å². The summed E-state index contributed by atoms with van der Waals surface area (Å²) in [4.78, 5) is 0. The molecule has 0 aliphatic rings. The lowest BCUT2D eigenvalue weighted by molar-refractivity contribution is 0.589. The molecule has 3 nitrogen and oxygen atoms in total. The van der Waals surface area contributed by atoms with Gasteiger partial charge in [0, 0.05) is 21.5 Å². The minimum Gasteiger partial charge on any atom is -0.308 e. The van der Waals surface area contributed by atoms with Crippen LogP contribution in [0.15, 0.2) is 176 Å². The van der Waals surface area contributed by atoms with Crippen LogP contribution < -0.4 is 0 Å². The highest BCUT2D eigenvalue weighted by Crippen LogP contribution is 2.44. The van der Waals surface area contributed by atoms with E-state index in [-0.39, 0.29) is 5.56 Å². The van der Waals surface area contributed by atoms with E-state index < -0.39 is 11.6 Å². The van der Waals surface area contributed by atoms with Crippen molar-refractivity contribution in [2.45, 2.75) is 55.4 Å². The molecule has 12 rings (SSSR count). The SMILES string of the molecule is Cc1cc(C)cc(-c2ccc3c(c2)c2cc(-c4cc(C)cc(C)c4)ccc2n3-c2cc(-c3c(F)cccc3F)cc(-n3c4ccc(-c5cc(C)cc(C)c5)cc4c4cc(-c5cc(C)cc(C)c5)ccc43)c2C#N)c1. The van der Waals surface area contributed by atoms with Crippen LogP contribution in [0.1, 0.15) is 50.1 Å². The van der Waals surface area contributed by atoms with Gasteiger partial charge in [-0.25, -0.2) is 8.78 Å². The predicted molar refractivity (Wildman–Crippen MR) is 305 cm³/mol. The van der Waals surface area contributed by atoms with Crippen LogP contribution in [-0.2, 0) is 0 Å². The van der Waals surface area contributed by atoms with Gasteiger partial charge in [0.25, 0.3) is 0 Å². The lowest BCUT2D eigenvalue weighted by Crippen LogP contribution is -2.06. The van der Waals surface area contributed by atoms with Gasteiger partial charge in [-0.05, 0) is 178 Å². The van der Waals surface area contributed by atoms with E-state index in [0.717, 1.165) is 88.1 Å². The highest BCUT2D eigenvalue weighted by Gasteiger charge is 2.25. The molecule has 0 spiro atoms. The average Bonchev–Trinajstić information content (AvgIpc) is 3.86. The smallest absolute Gasteiger partial charge is 0.133 e. The van der Waals surface area contributed by atoms with Crippen LogP contribution in [-0.4, -0.2) is 9.13 Å². The van der Waals surface area contributed by atoms with Gasteiger partial charge in [-0.15, -0.1) is 0 Å². The maximum absolute atomic E-state index is 16.4. The molecule has 0 aliphatic carbocycles. The maximum atomic E-state index is 16.4. The second-order valence-electron chi connectivity index (χ2n) is 20.7. The molecule has 358 valence electrons. The van der Waals surface area contributed by atoms with Gasteiger partial charge in [0.1, 0.15) is 23.3 Å². The third kappa shape index (κ3) is 7.95. The zero-order valence-corrected chi connectivity index (χ0v) is 42.8. The second-order valence-corrected chi connectivity index (χ2v) is 20.7. The van der Waals surface area contributed by atoms with E-state index in [9.17, 15) is 5.26 Å². The van der Waals surface area contributed by atoms with Crippen molar-refractivity contribution in [3.8, 4) is 73.1 Å². The van der Waals surface area contributed by atoms with Gasteiger partial charge in [0.05, 0.1) is 39.0 Å². The van der Waals surface area contributed by atoms with Crippen molar-refractivity contribution in [3.63, 3.8) is 0 Å². The Morgan fingerprint density at radius 3 is 0.838 bits per heavy atom. The Labute approximate surface area is 430 Å². The summed E-state index contributed by atoms with van der Waals surface area (Å²) in [6, 6.07) is 62.7. The van der Waals surface area contributed by atoms with Gasteiger partial charge < -0.3 is 9.13 Å². The van der Waals surface area contributed by atoms with Crippen LogP contribution in [0.3, 0.4) is 0 Å². The third-order valence-corrected chi connectivity index (χ3v) is 14.7. The molecule has 0 atom stereocenters. The average molecular weight is 962 g/mol. The molecule has 5 heteroatoms. The summed E-state index contributed by atoms with van der Waals surface area (Å²) >= 11 is 0. The number of hydrogen-bond donors (Lipinski definition) is 0. The summed E-state index contributed by atoms with van der Waals surface area (Å²) in [7, 11) is 0. The fourth-order valence-electron chi connectivity index (χ4n) is 11.8. The molecule has 2 aromatic heterocycles. The Morgan fingerprint density at radius 1 is 0.311 bits per heavy atom. The van der Waals surface area contributed by atoms with Crippen LogP contribution >= 0.6 is 0 Å². The van der Waals surface area contributed by atoms with Gasteiger partial charge in [0.2, 0.25) is 0 Å². The normalized spacial score (nSPS) is 11.6. The van der Waals surface area contributed by atoms with Gasteiger partial charge >= 0.3 is 0 Å². The van der Waals surface area contributed by atoms with Gasteiger partial charge in [-0.1, -0.05) is 148 Å². The molecule has 74 heavy (non-hydrogen) atoms. The summed E-state index contributed by atoms with van der Waals surface area (Å²) < 4.78 is 37.1. The molecule has 0 saturated heterocycles. The van der Waals surface area contributed by atoms with Crippen molar-refractivity contribution in [2.24, 2.45) is 0 Å². The summed E-state index contributed by atoms with van der Waals surface area (Å²) in [5.74, 6) is -1.38. The molecule has 0 aliphatic heterocycles. The lowest BCUT2D eigenvalue weighted by atomic mass is 9.97. The van der Waals surface area contributed by atoms with Crippen LogP contribution in [0.4, 0.5) is 8.78 Å². The molecular formula is C69H53F2N3. The number of benzene rings is 10. The molecule has 0 fully saturated rings. The molecule has 0 unspecified atom stereocenters. The molecule has 0 amide bonds. The Hall–Kier alpha value is -8.85. The first-order valence-corrected chi connectivity index (χ1v) is 25.2. The molecule has 0 saturated carbocycles. The number of rotatable bonds is 7. The minimum absolute atomic E-state index is 0.163. The lowest BCUT2D eigenvalue weighted by Gasteiger charge is -2.19. The first-order valence-electron chi connectivity index (χ1n) is 25.2. The Kier molecular flexibility index (Phi) is 11.1. The number of hydrogen-bond acceptors (Lipinski definition) is 1. The van der Waals surface area contributed by atoms with Gasteiger partial charge in [0.15, 0.2) is 0 Å².